The number of aromatic hydroxyl groups is 1. The highest BCUT2D eigenvalue weighted by molar-refractivity contribution is 5.90. The molecule has 5 nitrogen and oxygen atoms in total. The molecule has 0 heterocycles. The fraction of sp³-hybridized carbons (Fsp3) is 0. The van der Waals surface area contributed by atoms with E-state index in [-0.39, 0.29) is 28.7 Å². The fourth-order valence-electron chi connectivity index (χ4n) is 1.24. The molecule has 0 fully saturated rings. The van der Waals surface area contributed by atoms with E-state index in [9.17, 15) is 9.59 Å². The lowest BCUT2D eigenvalue weighted by atomic mass is 10.2. The van der Waals surface area contributed by atoms with Crippen LogP contribution in [0.4, 0.5) is 0 Å². The number of rotatable bonds is 2. The van der Waals surface area contributed by atoms with Crippen LogP contribution >= 0.6 is 0 Å². The summed E-state index contributed by atoms with van der Waals surface area (Å²) < 4.78 is 0. The van der Waals surface area contributed by atoms with E-state index in [0.29, 0.717) is 5.56 Å². The van der Waals surface area contributed by atoms with Gasteiger partial charge in [-0.25, -0.2) is 9.59 Å². The SMILES string of the molecule is O=C(O)c1ccccc1.O=C(O)c1ccccc1O.[Al]. The first kappa shape index (κ1) is 17.7. The molecule has 0 bridgehead atoms. The van der Waals surface area contributed by atoms with Crippen molar-refractivity contribution in [2.75, 3.05) is 0 Å². The highest BCUT2D eigenvalue weighted by Crippen LogP contribution is 2.14. The van der Waals surface area contributed by atoms with Crippen molar-refractivity contribution in [3.63, 3.8) is 0 Å². The van der Waals surface area contributed by atoms with Crippen LogP contribution in [-0.2, 0) is 0 Å². The van der Waals surface area contributed by atoms with E-state index in [1.807, 2.05) is 0 Å². The summed E-state index contributed by atoms with van der Waals surface area (Å²) in [5.41, 5.74) is 0.264. The van der Waals surface area contributed by atoms with E-state index in [1.54, 1.807) is 42.5 Å². The van der Waals surface area contributed by atoms with Gasteiger partial charge in [0.25, 0.3) is 0 Å². The molecule has 3 N–H and O–H groups in total. The van der Waals surface area contributed by atoms with Crippen LogP contribution in [0, 0.1) is 0 Å². The van der Waals surface area contributed by atoms with Crippen molar-refractivity contribution in [1.29, 1.82) is 0 Å². The van der Waals surface area contributed by atoms with Gasteiger partial charge < -0.3 is 15.3 Å². The van der Waals surface area contributed by atoms with Gasteiger partial charge in [-0.15, -0.1) is 0 Å². The lowest BCUT2D eigenvalue weighted by molar-refractivity contribution is 0.0684. The Balaban J connectivity index is 0.000000345. The van der Waals surface area contributed by atoms with Crippen LogP contribution in [0.5, 0.6) is 5.75 Å². The molecule has 101 valence electrons. The maximum atomic E-state index is 10.3. The van der Waals surface area contributed by atoms with Crippen LogP contribution in [-0.4, -0.2) is 44.6 Å². The summed E-state index contributed by atoms with van der Waals surface area (Å²) in [6.07, 6.45) is 0. The second-order valence-electron chi connectivity index (χ2n) is 3.49. The van der Waals surface area contributed by atoms with E-state index in [4.69, 9.17) is 15.3 Å². The Morgan fingerprint density at radius 1 is 0.750 bits per heavy atom. The zero-order valence-electron chi connectivity index (χ0n) is 10.4. The molecule has 2 aromatic carbocycles. The van der Waals surface area contributed by atoms with Gasteiger partial charge >= 0.3 is 11.9 Å². The van der Waals surface area contributed by atoms with Crippen LogP contribution in [0.25, 0.3) is 0 Å². The molecular weight excluding hydrogens is 275 g/mol. The predicted octanol–water partition coefficient (Wildman–Crippen LogP) is 2.09. The van der Waals surface area contributed by atoms with Gasteiger partial charge in [0.2, 0.25) is 0 Å². The molecule has 3 radical (unpaired) electrons. The third kappa shape index (κ3) is 5.57. The van der Waals surface area contributed by atoms with Gasteiger partial charge in [0.15, 0.2) is 0 Å². The molecular formula is C14H12AlO5. The maximum Gasteiger partial charge on any atom is 0.339 e. The molecule has 0 spiro atoms. The Hall–Kier alpha value is -2.29. The molecule has 0 aliphatic rings. The Labute approximate surface area is 126 Å². The maximum absolute atomic E-state index is 10.3. The van der Waals surface area contributed by atoms with Crippen molar-refractivity contribution in [2.45, 2.75) is 0 Å². The number of carboxylic acid groups (broad SMARTS) is 2. The summed E-state index contributed by atoms with van der Waals surface area (Å²) in [6, 6.07) is 14.1. The number of hydrogen-bond donors (Lipinski definition) is 3. The molecule has 0 aliphatic carbocycles. The highest BCUT2D eigenvalue weighted by atomic mass is 27.0. The van der Waals surface area contributed by atoms with E-state index in [2.05, 4.69) is 0 Å². The van der Waals surface area contributed by atoms with Gasteiger partial charge in [-0.1, -0.05) is 30.3 Å². The van der Waals surface area contributed by atoms with E-state index < -0.39 is 11.9 Å². The second-order valence-corrected chi connectivity index (χ2v) is 3.49. The number of carbonyl (C=O) groups is 2. The smallest absolute Gasteiger partial charge is 0.339 e. The summed E-state index contributed by atoms with van der Waals surface area (Å²) in [7, 11) is 0. The van der Waals surface area contributed by atoms with Crippen LogP contribution in [0.1, 0.15) is 20.7 Å². The molecule has 0 aliphatic heterocycles. The van der Waals surface area contributed by atoms with Gasteiger partial charge in [-0.05, 0) is 24.3 Å². The standard InChI is InChI=1S/C7H6O3.C7H6O2.Al/c8-6-4-2-1-3-5(6)7(9)10;8-7(9)6-4-2-1-3-5-6;/h1-4,8H,(H,9,10);1-5H,(H,8,9);. The quantitative estimate of drug-likeness (QED) is 0.735. The third-order valence-electron chi connectivity index (χ3n) is 2.16. The topological polar surface area (TPSA) is 94.8 Å². The van der Waals surface area contributed by atoms with E-state index >= 15 is 0 Å². The average Bonchev–Trinajstić information content (AvgIpc) is 2.40. The summed E-state index contributed by atoms with van der Waals surface area (Å²) in [5, 5.41) is 25.7. The first-order valence-electron chi connectivity index (χ1n) is 5.32. The van der Waals surface area contributed by atoms with Crippen LogP contribution in [0.15, 0.2) is 54.6 Å². The van der Waals surface area contributed by atoms with Gasteiger partial charge in [0.05, 0.1) is 5.56 Å². The van der Waals surface area contributed by atoms with Crippen LogP contribution in [0.2, 0.25) is 0 Å². The fourth-order valence-corrected chi connectivity index (χ4v) is 1.24. The van der Waals surface area contributed by atoms with E-state index in [1.165, 1.54) is 12.1 Å². The second kappa shape index (κ2) is 8.75. The van der Waals surface area contributed by atoms with Crippen molar-refractivity contribution < 1.29 is 24.9 Å². The van der Waals surface area contributed by atoms with Crippen molar-refractivity contribution >= 4 is 29.3 Å². The first-order valence-corrected chi connectivity index (χ1v) is 5.32. The molecule has 0 saturated carbocycles. The number of benzene rings is 2. The number of hydrogen-bond acceptors (Lipinski definition) is 3. The first-order chi connectivity index (χ1) is 9.02. The minimum Gasteiger partial charge on any atom is -0.507 e. The van der Waals surface area contributed by atoms with Crippen LogP contribution < -0.4 is 0 Å². The van der Waals surface area contributed by atoms with Crippen LogP contribution in [0.3, 0.4) is 0 Å². The molecule has 6 heteroatoms. The Morgan fingerprint density at radius 3 is 1.60 bits per heavy atom. The zero-order chi connectivity index (χ0) is 14.3. The van der Waals surface area contributed by atoms with Gasteiger partial charge in [0.1, 0.15) is 11.3 Å². The van der Waals surface area contributed by atoms with Gasteiger partial charge in [0, 0.05) is 17.4 Å². The number of para-hydroxylation sites is 1. The van der Waals surface area contributed by atoms with Crippen molar-refractivity contribution in [1.82, 2.24) is 0 Å². The molecule has 0 saturated heterocycles. The summed E-state index contributed by atoms with van der Waals surface area (Å²) in [5.74, 6) is -2.19. The lowest BCUT2D eigenvalue weighted by Crippen LogP contribution is -1.95. The number of phenols is 1. The van der Waals surface area contributed by atoms with Crippen molar-refractivity contribution in [3.05, 3.63) is 65.7 Å². The minimum atomic E-state index is -1.11. The molecule has 0 atom stereocenters. The Kier molecular flexibility index (Phi) is 7.75. The van der Waals surface area contributed by atoms with Gasteiger partial charge in [-0.2, -0.15) is 0 Å². The lowest BCUT2D eigenvalue weighted by Gasteiger charge is -1.95. The van der Waals surface area contributed by atoms with Gasteiger partial charge in [-0.3, -0.25) is 0 Å². The predicted molar refractivity (Wildman–Crippen MR) is 74.2 cm³/mol. The average molecular weight is 287 g/mol. The number of carboxylic acids is 2. The number of aromatic carboxylic acids is 2. The van der Waals surface area contributed by atoms with E-state index in [0.717, 1.165) is 0 Å². The minimum absolute atomic E-state index is 0. The molecule has 0 unspecified atom stereocenters. The summed E-state index contributed by atoms with van der Waals surface area (Å²) in [6.45, 7) is 0. The Morgan fingerprint density at radius 2 is 1.25 bits per heavy atom. The monoisotopic (exact) mass is 287 g/mol. The Bertz CT molecular complexity index is 569. The normalized spacial score (nSPS) is 8.60. The largest absolute Gasteiger partial charge is 0.507 e. The summed E-state index contributed by atoms with van der Waals surface area (Å²) >= 11 is 0. The zero-order valence-corrected chi connectivity index (χ0v) is 11.6. The molecule has 0 amide bonds. The van der Waals surface area contributed by atoms with Crippen molar-refractivity contribution in [2.24, 2.45) is 0 Å². The highest BCUT2D eigenvalue weighted by Gasteiger charge is 2.05. The molecule has 2 aromatic rings. The molecule has 2 rings (SSSR count). The molecule has 20 heavy (non-hydrogen) atoms. The molecule has 0 aromatic heterocycles. The summed E-state index contributed by atoms with van der Waals surface area (Å²) in [4.78, 5) is 20.5. The van der Waals surface area contributed by atoms with Crippen molar-refractivity contribution in [3.8, 4) is 5.75 Å². The third-order valence-corrected chi connectivity index (χ3v) is 2.16.